The lowest BCUT2D eigenvalue weighted by Gasteiger charge is -2.34. The van der Waals surface area contributed by atoms with Gasteiger partial charge in [0, 0.05) is 38.0 Å². The van der Waals surface area contributed by atoms with Crippen molar-refractivity contribution in [2.45, 2.75) is 95.9 Å². The van der Waals surface area contributed by atoms with E-state index in [0.717, 1.165) is 31.2 Å². The van der Waals surface area contributed by atoms with Crippen molar-refractivity contribution >= 4 is 33.2 Å². The van der Waals surface area contributed by atoms with Crippen LogP contribution in [0.5, 0.6) is 0 Å². The van der Waals surface area contributed by atoms with E-state index < -0.39 is 52.0 Å². The van der Waals surface area contributed by atoms with Crippen LogP contribution in [0.1, 0.15) is 70.1 Å². The first kappa shape index (κ1) is 38.4. The number of piperazine rings is 1. The quantitative estimate of drug-likeness (QED) is 0.196. The number of nitrogens with zero attached hydrogens (tertiary/aromatic N) is 3. The minimum atomic E-state index is -3.77. The van der Waals surface area contributed by atoms with Gasteiger partial charge in [-0.1, -0.05) is 76.3 Å². The van der Waals surface area contributed by atoms with Crippen LogP contribution < -0.4 is 10.6 Å². The average molecular weight is 706 g/mol. The SMILES string of the molecule is CC(C)C[C@H](O)[C@H](O)[C@H](CC1CCCCC1)NC(=O)C(Cc1cscn1)NC(=O)[C@H](Cc1ccccc1)CS(=O)(=O)N1CCN(C)CC1. The lowest BCUT2D eigenvalue weighted by Crippen LogP contribution is -2.57. The third-order valence-electron chi connectivity index (χ3n) is 9.65. The van der Waals surface area contributed by atoms with Crippen LogP contribution in [0.15, 0.2) is 41.2 Å². The molecule has 11 nitrogen and oxygen atoms in total. The highest BCUT2D eigenvalue weighted by molar-refractivity contribution is 7.89. The number of nitrogens with one attached hydrogen (secondary N) is 2. The van der Waals surface area contributed by atoms with E-state index in [1.165, 1.54) is 22.1 Å². The average Bonchev–Trinajstić information content (AvgIpc) is 3.57. The monoisotopic (exact) mass is 705 g/mol. The zero-order valence-electron chi connectivity index (χ0n) is 28.7. The number of hydrogen-bond donors (Lipinski definition) is 4. The first-order chi connectivity index (χ1) is 22.9. The molecule has 1 aliphatic carbocycles. The fourth-order valence-electron chi connectivity index (χ4n) is 6.84. The molecule has 268 valence electrons. The molecule has 4 rings (SSSR count). The third-order valence-corrected chi connectivity index (χ3v) is 12.3. The second-order valence-corrected chi connectivity index (χ2v) is 16.9. The lowest BCUT2D eigenvalue weighted by atomic mass is 9.82. The molecule has 2 amide bonds. The van der Waals surface area contributed by atoms with Crippen molar-refractivity contribution in [2.75, 3.05) is 39.0 Å². The van der Waals surface area contributed by atoms with Gasteiger partial charge in [-0.3, -0.25) is 9.59 Å². The number of aliphatic hydroxyl groups is 2. The number of thiazole rings is 1. The molecule has 0 bridgehead atoms. The maximum absolute atomic E-state index is 14.1. The number of carbonyl (C=O) groups excluding carboxylic acids is 2. The summed E-state index contributed by atoms with van der Waals surface area (Å²) in [4.78, 5) is 34.6. The Morgan fingerprint density at radius 1 is 0.979 bits per heavy atom. The molecular weight excluding hydrogens is 651 g/mol. The first-order valence-electron chi connectivity index (χ1n) is 17.5. The minimum Gasteiger partial charge on any atom is -0.390 e. The molecule has 13 heteroatoms. The second-order valence-electron chi connectivity index (χ2n) is 14.2. The molecular formula is C35H55N5O6S2. The summed E-state index contributed by atoms with van der Waals surface area (Å²) in [7, 11) is -1.82. The number of sulfonamides is 1. The molecule has 2 aromatic rings. The first-order valence-corrected chi connectivity index (χ1v) is 20.0. The molecule has 0 spiro atoms. The summed E-state index contributed by atoms with van der Waals surface area (Å²) in [6.07, 6.45) is 4.38. The van der Waals surface area contributed by atoms with Gasteiger partial charge >= 0.3 is 0 Å². The van der Waals surface area contributed by atoms with E-state index in [4.69, 9.17) is 0 Å². The molecule has 2 fully saturated rings. The number of hydrogen-bond acceptors (Lipinski definition) is 9. The van der Waals surface area contributed by atoms with Crippen molar-refractivity contribution in [3.8, 4) is 0 Å². The molecule has 0 radical (unpaired) electrons. The van der Waals surface area contributed by atoms with Crippen LogP contribution >= 0.6 is 11.3 Å². The summed E-state index contributed by atoms with van der Waals surface area (Å²) >= 11 is 1.38. The van der Waals surface area contributed by atoms with Crippen LogP contribution in [0.3, 0.4) is 0 Å². The zero-order chi connectivity index (χ0) is 34.7. The van der Waals surface area contributed by atoms with Gasteiger partial charge < -0.3 is 25.7 Å². The molecule has 48 heavy (non-hydrogen) atoms. The molecule has 4 N–H and O–H groups in total. The molecule has 1 saturated heterocycles. The summed E-state index contributed by atoms with van der Waals surface area (Å²) in [5.41, 5.74) is 3.10. The van der Waals surface area contributed by atoms with Crippen LogP contribution in [-0.4, -0.2) is 108 Å². The van der Waals surface area contributed by atoms with Crippen molar-refractivity contribution in [3.63, 3.8) is 0 Å². The summed E-state index contributed by atoms with van der Waals surface area (Å²) in [6.45, 7) is 5.90. The van der Waals surface area contributed by atoms with E-state index in [0.29, 0.717) is 50.6 Å². The molecule has 5 atom stereocenters. The molecule has 1 aliphatic heterocycles. The van der Waals surface area contributed by atoms with Gasteiger partial charge in [-0.25, -0.2) is 13.4 Å². The molecule has 1 aromatic carbocycles. The normalized spacial score (nSPS) is 20.1. The summed E-state index contributed by atoms with van der Waals surface area (Å²) in [5.74, 6) is -1.89. The van der Waals surface area contributed by atoms with Crippen molar-refractivity contribution in [1.29, 1.82) is 0 Å². The maximum atomic E-state index is 14.1. The van der Waals surface area contributed by atoms with Gasteiger partial charge in [-0.15, -0.1) is 11.3 Å². The number of carbonyl (C=O) groups is 2. The third kappa shape index (κ3) is 11.9. The Hall–Kier alpha value is -2.42. The highest BCUT2D eigenvalue weighted by atomic mass is 32.2. The topological polar surface area (TPSA) is 152 Å². The fourth-order valence-corrected chi connectivity index (χ4v) is 9.12. The summed E-state index contributed by atoms with van der Waals surface area (Å²) in [6, 6.07) is 7.52. The molecule has 2 aliphatic rings. The van der Waals surface area contributed by atoms with Crippen molar-refractivity contribution in [3.05, 3.63) is 52.5 Å². The van der Waals surface area contributed by atoms with E-state index in [9.17, 15) is 28.2 Å². The zero-order valence-corrected chi connectivity index (χ0v) is 30.3. The van der Waals surface area contributed by atoms with Crippen LogP contribution in [-0.2, 0) is 32.5 Å². The van der Waals surface area contributed by atoms with E-state index in [1.54, 1.807) is 5.51 Å². The summed E-state index contributed by atoms with van der Waals surface area (Å²) < 4.78 is 28.7. The van der Waals surface area contributed by atoms with E-state index >= 15 is 0 Å². The number of benzene rings is 1. The molecule has 1 unspecified atom stereocenters. The maximum Gasteiger partial charge on any atom is 0.243 e. The van der Waals surface area contributed by atoms with Crippen LogP contribution in [0.4, 0.5) is 0 Å². The van der Waals surface area contributed by atoms with E-state index in [1.807, 2.05) is 56.6 Å². The minimum absolute atomic E-state index is 0.102. The van der Waals surface area contributed by atoms with Gasteiger partial charge in [-0.2, -0.15) is 4.31 Å². The van der Waals surface area contributed by atoms with E-state index in [2.05, 4.69) is 20.5 Å². The standard InChI is InChI=1S/C35H55N5O6S2/c1-25(2)18-32(41)33(42)30(20-27-12-8-5-9-13-27)37-35(44)31(21-29-22-47-24-36-29)38-34(43)28(19-26-10-6-4-7-11-26)23-48(45,46)40-16-14-39(3)15-17-40/h4,6-7,10-11,22,24-25,27-28,30-33,41-42H,5,8-9,12-21,23H2,1-3H3,(H,37,44)(H,38,43)/t28-,30+,31?,32+,33-/m1/s1. The van der Waals surface area contributed by atoms with Crippen LogP contribution in [0, 0.1) is 17.8 Å². The fraction of sp³-hybridized carbons (Fsp3) is 0.686. The predicted octanol–water partition coefficient (Wildman–Crippen LogP) is 2.83. The number of amides is 2. The van der Waals surface area contributed by atoms with E-state index in [-0.39, 0.29) is 24.5 Å². The van der Waals surface area contributed by atoms with Gasteiger partial charge in [0.2, 0.25) is 21.8 Å². The molecule has 2 heterocycles. The van der Waals surface area contributed by atoms with Gasteiger partial charge in [0.1, 0.15) is 12.1 Å². The Bertz CT molecular complexity index is 1360. The Kier molecular flexibility index (Phi) is 14.8. The largest absolute Gasteiger partial charge is 0.390 e. The number of aliphatic hydroxyl groups excluding tert-OH is 2. The van der Waals surface area contributed by atoms with Gasteiger partial charge in [0.05, 0.1) is 35.0 Å². The Morgan fingerprint density at radius 3 is 2.29 bits per heavy atom. The Labute approximate surface area is 290 Å². The molecule has 1 aromatic heterocycles. The summed E-state index contributed by atoms with van der Waals surface area (Å²) in [5, 5.41) is 29.9. The van der Waals surface area contributed by atoms with Crippen molar-refractivity contribution in [1.82, 2.24) is 24.8 Å². The van der Waals surface area contributed by atoms with Crippen LogP contribution in [0.2, 0.25) is 0 Å². The highest BCUT2D eigenvalue weighted by Crippen LogP contribution is 2.29. The highest BCUT2D eigenvalue weighted by Gasteiger charge is 2.36. The molecule has 1 saturated carbocycles. The van der Waals surface area contributed by atoms with Crippen molar-refractivity contribution < 1.29 is 28.2 Å². The predicted molar refractivity (Wildman–Crippen MR) is 189 cm³/mol. The smallest absolute Gasteiger partial charge is 0.243 e. The van der Waals surface area contributed by atoms with Crippen LogP contribution in [0.25, 0.3) is 0 Å². The van der Waals surface area contributed by atoms with Gasteiger partial charge in [0.25, 0.3) is 0 Å². The Morgan fingerprint density at radius 2 is 1.67 bits per heavy atom. The Balaban J connectivity index is 1.56. The number of rotatable bonds is 17. The lowest BCUT2D eigenvalue weighted by molar-refractivity contribution is -0.132. The van der Waals surface area contributed by atoms with Crippen molar-refractivity contribution in [2.24, 2.45) is 17.8 Å². The van der Waals surface area contributed by atoms with Gasteiger partial charge in [0.15, 0.2) is 0 Å². The second kappa shape index (κ2) is 18.5. The number of aromatic nitrogens is 1. The number of likely N-dealkylation sites (N-methyl/N-ethyl adjacent to an activating group) is 1. The van der Waals surface area contributed by atoms with Gasteiger partial charge in [-0.05, 0) is 43.7 Å².